The van der Waals surface area contributed by atoms with Gasteiger partial charge in [0.2, 0.25) is 0 Å². The van der Waals surface area contributed by atoms with Gasteiger partial charge in [0.25, 0.3) is 20.2 Å². The van der Waals surface area contributed by atoms with E-state index >= 15 is 0 Å². The normalized spacial score (nSPS) is 12.3. The van der Waals surface area contributed by atoms with E-state index < -0.39 is 64.6 Å². The number of aromatic hydroxyl groups is 4. The molecule has 6 aromatic rings. The van der Waals surface area contributed by atoms with Crippen LogP contribution in [0.3, 0.4) is 0 Å². The number of carboxylic acid groups (broad SMARTS) is 1. The second kappa shape index (κ2) is 14.7. The van der Waals surface area contributed by atoms with Gasteiger partial charge in [-0.25, -0.2) is 4.79 Å². The molecule has 0 aromatic heterocycles. The fourth-order valence-corrected chi connectivity index (χ4v) is 6.28. The summed E-state index contributed by atoms with van der Waals surface area (Å²) in [5, 5.41) is 72.9. The van der Waals surface area contributed by atoms with Gasteiger partial charge >= 0.3 is 5.97 Å². The summed E-state index contributed by atoms with van der Waals surface area (Å²) in [6.45, 7) is 0. The lowest BCUT2D eigenvalue weighted by atomic mass is 10.1. The van der Waals surface area contributed by atoms with Crippen LogP contribution in [0.15, 0.2) is 144 Å². The van der Waals surface area contributed by atoms with Crippen LogP contribution in [0.2, 0.25) is 0 Å². The lowest BCUT2D eigenvalue weighted by molar-refractivity contribution is 0.0693. The molecule has 55 heavy (non-hydrogen) atoms. The van der Waals surface area contributed by atoms with E-state index in [1.807, 2.05) is 0 Å². The van der Waals surface area contributed by atoms with Crippen molar-refractivity contribution >= 4 is 71.1 Å². The first kappa shape index (κ1) is 37.6. The van der Waals surface area contributed by atoms with Crippen LogP contribution >= 0.6 is 0 Å². The van der Waals surface area contributed by atoms with Crippen LogP contribution in [0, 0.1) is 0 Å². The number of carbonyl (C=O) groups is 1. The summed E-state index contributed by atoms with van der Waals surface area (Å²) in [6, 6.07) is 22.6. The molecule has 278 valence electrons. The molecule has 0 fully saturated rings. The topological polar surface area (TPSA) is 301 Å². The predicted octanol–water partition coefficient (Wildman–Crippen LogP) is 8.77. The lowest BCUT2D eigenvalue weighted by Gasteiger charge is -2.12. The fraction of sp³-hybridized carbons (Fsp3) is 0. The highest BCUT2D eigenvalue weighted by atomic mass is 32.2. The molecule has 0 aliphatic carbocycles. The molecular weight excluding hydrogens is 761 g/mol. The fourth-order valence-electron chi connectivity index (χ4n) is 5.09. The number of hydrogen-bond acceptors (Lipinski definition) is 15. The van der Waals surface area contributed by atoms with Gasteiger partial charge in [0.1, 0.15) is 39.1 Å². The van der Waals surface area contributed by atoms with Crippen molar-refractivity contribution in [1.82, 2.24) is 0 Å². The largest absolute Gasteiger partial charge is 0.508 e. The number of azo groups is 3. The van der Waals surface area contributed by atoms with E-state index in [9.17, 15) is 56.3 Å². The number of rotatable bonds is 10. The van der Waals surface area contributed by atoms with Crippen molar-refractivity contribution in [2.75, 3.05) is 0 Å². The van der Waals surface area contributed by atoms with E-state index in [2.05, 4.69) is 30.7 Å². The number of fused-ring (bicyclic) bond motifs is 1. The highest BCUT2D eigenvalue weighted by Gasteiger charge is 2.25. The van der Waals surface area contributed by atoms with E-state index in [4.69, 9.17) is 0 Å². The quantitative estimate of drug-likeness (QED) is 0.0506. The van der Waals surface area contributed by atoms with Crippen LogP contribution < -0.4 is 0 Å². The maximum absolute atomic E-state index is 12.4. The molecule has 7 N–H and O–H groups in total. The molecule has 0 aliphatic heterocycles. The highest BCUT2D eigenvalue weighted by Crippen LogP contribution is 2.46. The number of hydrogen-bond donors (Lipinski definition) is 7. The van der Waals surface area contributed by atoms with Crippen molar-refractivity contribution in [3.8, 4) is 34.1 Å². The SMILES string of the molecule is O=C(O)c1cc(N=Nc2ccc(-c3ccc(N=Nc4c(S(=O)(=O)O)cc5cc(S(=O)(=O)O)cc(N=Nc6ccc(O)cc6O)c5c4O)cc3)cc2)ccc1O. The molecule has 0 amide bonds. The number of nitrogens with zero attached hydrogens (tertiary/aromatic N) is 6. The van der Waals surface area contributed by atoms with Crippen LogP contribution in [0.1, 0.15) is 10.4 Å². The second-order valence-electron chi connectivity index (χ2n) is 11.4. The van der Waals surface area contributed by atoms with Gasteiger partial charge in [0.05, 0.1) is 33.0 Å². The van der Waals surface area contributed by atoms with Crippen molar-refractivity contribution in [3.63, 3.8) is 0 Å². The Balaban J connectivity index is 1.32. The molecule has 0 saturated carbocycles. The molecule has 18 nitrogen and oxygen atoms in total. The van der Waals surface area contributed by atoms with Crippen molar-refractivity contribution in [1.29, 1.82) is 0 Å². The number of phenols is 4. The summed E-state index contributed by atoms with van der Waals surface area (Å²) in [7, 11) is -10.1. The summed E-state index contributed by atoms with van der Waals surface area (Å²) in [5.74, 6) is -3.44. The van der Waals surface area contributed by atoms with E-state index in [-0.39, 0.29) is 39.1 Å². The van der Waals surface area contributed by atoms with Gasteiger partial charge in [-0.3, -0.25) is 9.11 Å². The number of benzene rings is 6. The highest BCUT2D eigenvalue weighted by molar-refractivity contribution is 7.86. The molecule has 0 unspecified atom stereocenters. The van der Waals surface area contributed by atoms with Crippen LogP contribution in [0.25, 0.3) is 21.9 Å². The summed E-state index contributed by atoms with van der Waals surface area (Å²) in [5.41, 5.74) is 0.601. The summed E-state index contributed by atoms with van der Waals surface area (Å²) < 4.78 is 68.7. The third kappa shape index (κ3) is 8.42. The van der Waals surface area contributed by atoms with E-state index in [0.717, 1.165) is 29.8 Å². The van der Waals surface area contributed by atoms with Gasteiger partial charge < -0.3 is 25.5 Å². The molecule has 0 spiro atoms. The minimum Gasteiger partial charge on any atom is -0.508 e. The molecule has 0 aliphatic rings. The maximum atomic E-state index is 12.4. The number of phenolic OH excluding ortho intramolecular Hbond substituents is 3. The molecule has 0 bridgehead atoms. The average molecular weight is 785 g/mol. The van der Waals surface area contributed by atoms with Crippen molar-refractivity contribution < 1.29 is 56.3 Å². The van der Waals surface area contributed by atoms with Gasteiger partial charge in [-0.15, -0.1) is 15.3 Å². The zero-order valence-corrected chi connectivity index (χ0v) is 29.1. The molecule has 6 aromatic carbocycles. The van der Waals surface area contributed by atoms with Crippen molar-refractivity contribution in [2.24, 2.45) is 30.7 Å². The van der Waals surface area contributed by atoms with Gasteiger partial charge in [0.15, 0.2) is 5.75 Å². The second-order valence-corrected chi connectivity index (χ2v) is 14.2. The first-order valence-electron chi connectivity index (χ1n) is 15.3. The molecule has 20 heteroatoms. The standard InChI is InChI=1S/C35H24N6O12S2/c42-24-10-11-27(30(44)16-24)39-40-28-17-25(54(48,49)50)13-20-14-31(55(51,52)53)33(34(45)32(20)28)41-37-22-7-3-19(4-8-22)18-1-5-21(6-2-18)36-38-23-9-12-29(43)26(15-23)35(46)47/h1-17,42-45H,(H,46,47)(H,48,49,50)(H,51,52,53). The summed E-state index contributed by atoms with van der Waals surface area (Å²) in [4.78, 5) is 9.51. The first-order valence-corrected chi connectivity index (χ1v) is 18.2. The Hall–Kier alpha value is -7.13. The van der Waals surface area contributed by atoms with Crippen molar-refractivity contribution in [3.05, 3.63) is 109 Å². The Bertz CT molecular complexity index is 2830. The minimum atomic E-state index is -5.14. The zero-order valence-electron chi connectivity index (χ0n) is 27.5. The van der Waals surface area contributed by atoms with Crippen LogP contribution in [-0.4, -0.2) is 57.4 Å². The Labute approximate surface area is 309 Å². The van der Waals surface area contributed by atoms with E-state index in [1.165, 1.54) is 42.5 Å². The lowest BCUT2D eigenvalue weighted by Crippen LogP contribution is -2.01. The van der Waals surface area contributed by atoms with Crippen LogP contribution in [0.4, 0.5) is 34.1 Å². The summed E-state index contributed by atoms with van der Waals surface area (Å²) >= 11 is 0. The molecule has 0 radical (unpaired) electrons. The Morgan fingerprint density at radius 1 is 0.527 bits per heavy atom. The molecule has 0 saturated heterocycles. The monoisotopic (exact) mass is 784 g/mol. The van der Waals surface area contributed by atoms with Crippen LogP contribution in [0.5, 0.6) is 23.0 Å². The minimum absolute atomic E-state index is 0.175. The predicted molar refractivity (Wildman–Crippen MR) is 194 cm³/mol. The Morgan fingerprint density at radius 3 is 1.65 bits per heavy atom. The Kier molecular flexibility index (Phi) is 10.1. The van der Waals surface area contributed by atoms with Gasteiger partial charge in [-0.05, 0) is 89.3 Å². The number of carboxylic acids is 1. The van der Waals surface area contributed by atoms with Gasteiger partial charge in [-0.1, -0.05) is 24.3 Å². The molecule has 0 heterocycles. The summed E-state index contributed by atoms with van der Waals surface area (Å²) in [6.07, 6.45) is 0. The molecule has 0 atom stereocenters. The van der Waals surface area contributed by atoms with E-state index in [0.29, 0.717) is 11.3 Å². The number of aromatic carboxylic acids is 1. The van der Waals surface area contributed by atoms with E-state index in [1.54, 1.807) is 36.4 Å². The maximum Gasteiger partial charge on any atom is 0.339 e. The third-order valence-corrected chi connectivity index (χ3v) is 9.43. The van der Waals surface area contributed by atoms with Crippen molar-refractivity contribution in [2.45, 2.75) is 9.79 Å². The Morgan fingerprint density at radius 2 is 1.09 bits per heavy atom. The average Bonchev–Trinajstić information content (AvgIpc) is 3.13. The van der Waals surface area contributed by atoms with Gasteiger partial charge in [0, 0.05) is 6.07 Å². The smallest absolute Gasteiger partial charge is 0.339 e. The molecule has 6 rings (SSSR count). The van der Waals surface area contributed by atoms with Crippen LogP contribution in [-0.2, 0) is 20.2 Å². The third-order valence-electron chi connectivity index (χ3n) is 7.73. The molecular formula is C35H24N6O12S2. The van der Waals surface area contributed by atoms with Gasteiger partial charge in [-0.2, -0.15) is 32.2 Å². The first-order chi connectivity index (χ1) is 26.0. The zero-order chi connectivity index (χ0) is 39.7.